The Bertz CT molecular complexity index is 901. The second kappa shape index (κ2) is 9.61. The number of benzene rings is 2. The molecule has 1 aromatic heterocycles. The zero-order chi connectivity index (χ0) is 19.8. The molecule has 8 heteroatoms. The van der Waals surface area contributed by atoms with Gasteiger partial charge in [0.2, 0.25) is 11.7 Å². The Kier molecular flexibility index (Phi) is 6.69. The van der Waals surface area contributed by atoms with Crippen LogP contribution in [0.2, 0.25) is 0 Å². The van der Waals surface area contributed by atoms with E-state index in [0.29, 0.717) is 18.6 Å². The summed E-state index contributed by atoms with van der Waals surface area (Å²) in [5.41, 5.74) is 1.35. The van der Waals surface area contributed by atoms with Gasteiger partial charge >= 0.3 is 6.09 Å². The third kappa shape index (κ3) is 5.37. The highest BCUT2D eigenvalue weighted by molar-refractivity contribution is 5.67. The Morgan fingerprint density at radius 1 is 1.21 bits per heavy atom. The summed E-state index contributed by atoms with van der Waals surface area (Å²) in [6.45, 7) is 0.503. The maximum absolute atomic E-state index is 13.4. The topological polar surface area (TPSA) is 86.5 Å². The van der Waals surface area contributed by atoms with Crippen LogP contribution in [0.5, 0.6) is 0 Å². The molecule has 0 saturated carbocycles. The Morgan fingerprint density at radius 3 is 2.79 bits per heavy atom. The van der Waals surface area contributed by atoms with Crippen molar-refractivity contribution in [2.45, 2.75) is 19.1 Å². The zero-order valence-electron chi connectivity index (χ0n) is 15.3. The van der Waals surface area contributed by atoms with Crippen molar-refractivity contribution in [3.63, 3.8) is 0 Å². The second-order valence-electron chi connectivity index (χ2n) is 6.01. The van der Waals surface area contributed by atoms with Crippen LogP contribution in [0, 0.1) is 5.82 Å². The molecule has 0 aliphatic carbocycles. The van der Waals surface area contributed by atoms with Gasteiger partial charge in [0.05, 0.1) is 0 Å². The van der Waals surface area contributed by atoms with E-state index >= 15 is 0 Å². The quantitative estimate of drug-likeness (QED) is 0.633. The van der Waals surface area contributed by atoms with Crippen LogP contribution in [-0.2, 0) is 16.1 Å². The van der Waals surface area contributed by atoms with Gasteiger partial charge in [-0.2, -0.15) is 4.98 Å². The van der Waals surface area contributed by atoms with E-state index in [1.54, 1.807) is 19.2 Å². The van der Waals surface area contributed by atoms with Crippen LogP contribution >= 0.6 is 0 Å². The van der Waals surface area contributed by atoms with Crippen LogP contribution in [0.25, 0.3) is 11.4 Å². The van der Waals surface area contributed by atoms with Crippen molar-refractivity contribution in [2.24, 2.45) is 0 Å². The average Bonchev–Trinajstić information content (AvgIpc) is 3.20. The third-order valence-electron chi connectivity index (χ3n) is 3.94. The van der Waals surface area contributed by atoms with Gasteiger partial charge in [0, 0.05) is 25.7 Å². The summed E-state index contributed by atoms with van der Waals surface area (Å²) in [6, 6.07) is 14.6. The first-order valence-electron chi connectivity index (χ1n) is 8.71. The summed E-state index contributed by atoms with van der Waals surface area (Å²) in [6.07, 6.45) is -0.211. The fraction of sp³-hybridized carbons (Fsp3) is 0.250. The number of hydrogen-bond donors (Lipinski definition) is 1. The van der Waals surface area contributed by atoms with E-state index in [1.165, 1.54) is 12.1 Å². The van der Waals surface area contributed by atoms with Gasteiger partial charge in [-0.05, 0) is 17.7 Å². The van der Waals surface area contributed by atoms with E-state index in [0.717, 1.165) is 5.56 Å². The normalized spacial score (nSPS) is 11.8. The Balaban J connectivity index is 1.67. The predicted molar refractivity (Wildman–Crippen MR) is 98.7 cm³/mol. The molecule has 0 aliphatic rings. The zero-order valence-corrected chi connectivity index (χ0v) is 15.3. The number of carbonyl (C=O) groups excluding carboxylic acids is 1. The minimum Gasteiger partial charge on any atom is -0.445 e. The minimum absolute atomic E-state index is 0.141. The Hall–Kier alpha value is -3.26. The molecule has 28 heavy (non-hydrogen) atoms. The highest BCUT2D eigenvalue weighted by Gasteiger charge is 2.22. The highest BCUT2D eigenvalue weighted by Crippen LogP contribution is 2.21. The van der Waals surface area contributed by atoms with E-state index in [-0.39, 0.29) is 18.3 Å². The standard InChI is InChI=1S/C20H20FN3O4/c1-26-11-10-17(22-20(25)27-13-14-6-3-2-4-7-14)19-23-18(24-28-19)15-8-5-9-16(21)12-15/h2-9,12,17H,10-11,13H2,1H3,(H,22,25). The van der Waals surface area contributed by atoms with Gasteiger partial charge < -0.3 is 19.3 Å². The molecule has 1 atom stereocenters. The molecule has 7 nitrogen and oxygen atoms in total. The molecule has 1 unspecified atom stereocenters. The van der Waals surface area contributed by atoms with Crippen molar-refractivity contribution in [2.75, 3.05) is 13.7 Å². The van der Waals surface area contributed by atoms with E-state index in [4.69, 9.17) is 14.0 Å². The third-order valence-corrected chi connectivity index (χ3v) is 3.94. The molecule has 146 valence electrons. The van der Waals surface area contributed by atoms with Crippen molar-refractivity contribution < 1.29 is 23.2 Å². The maximum atomic E-state index is 13.4. The predicted octanol–water partition coefficient (Wildman–Crippen LogP) is 3.88. The lowest BCUT2D eigenvalue weighted by Gasteiger charge is -2.14. The molecule has 1 heterocycles. The smallest absolute Gasteiger partial charge is 0.408 e. The molecule has 0 spiro atoms. The number of amides is 1. The molecule has 2 aromatic carbocycles. The number of halogens is 1. The highest BCUT2D eigenvalue weighted by atomic mass is 19.1. The summed E-state index contributed by atoms with van der Waals surface area (Å²) in [7, 11) is 1.55. The lowest BCUT2D eigenvalue weighted by Crippen LogP contribution is -2.30. The minimum atomic E-state index is -0.615. The summed E-state index contributed by atoms with van der Waals surface area (Å²) in [4.78, 5) is 16.4. The number of methoxy groups -OCH3 is 1. The number of rotatable bonds is 8. The largest absolute Gasteiger partial charge is 0.445 e. The fourth-order valence-electron chi connectivity index (χ4n) is 2.52. The lowest BCUT2D eigenvalue weighted by molar-refractivity contribution is 0.126. The van der Waals surface area contributed by atoms with Crippen LogP contribution in [0.1, 0.15) is 23.9 Å². The van der Waals surface area contributed by atoms with Crippen molar-refractivity contribution >= 4 is 6.09 Å². The summed E-state index contributed by atoms with van der Waals surface area (Å²) < 4.78 is 29.0. The Labute approximate surface area is 161 Å². The van der Waals surface area contributed by atoms with Crippen LogP contribution in [0.15, 0.2) is 59.1 Å². The van der Waals surface area contributed by atoms with Crippen molar-refractivity contribution in [1.29, 1.82) is 0 Å². The molecular formula is C20H20FN3O4. The molecule has 0 radical (unpaired) electrons. The number of nitrogens with one attached hydrogen (secondary N) is 1. The number of aromatic nitrogens is 2. The van der Waals surface area contributed by atoms with Gasteiger partial charge in [-0.25, -0.2) is 9.18 Å². The fourth-order valence-corrected chi connectivity index (χ4v) is 2.52. The number of carbonyl (C=O) groups is 1. The number of hydrogen-bond acceptors (Lipinski definition) is 6. The number of nitrogens with zero attached hydrogens (tertiary/aromatic N) is 2. The van der Waals surface area contributed by atoms with E-state index in [9.17, 15) is 9.18 Å². The van der Waals surface area contributed by atoms with Gasteiger partial charge in [-0.1, -0.05) is 47.6 Å². The van der Waals surface area contributed by atoms with Gasteiger partial charge in [0.25, 0.3) is 0 Å². The molecule has 1 amide bonds. The first-order chi connectivity index (χ1) is 13.7. The van der Waals surface area contributed by atoms with Crippen molar-refractivity contribution in [3.8, 4) is 11.4 Å². The molecule has 3 rings (SSSR count). The number of alkyl carbamates (subject to hydrolysis) is 1. The van der Waals surface area contributed by atoms with Gasteiger partial charge in [0.15, 0.2) is 0 Å². The SMILES string of the molecule is COCCC(NC(=O)OCc1ccccc1)c1nc(-c2cccc(F)c2)no1. The van der Waals surface area contributed by atoms with E-state index in [2.05, 4.69) is 15.5 Å². The van der Waals surface area contributed by atoms with Crippen molar-refractivity contribution in [3.05, 3.63) is 71.9 Å². The van der Waals surface area contributed by atoms with Crippen LogP contribution in [0.4, 0.5) is 9.18 Å². The van der Waals surface area contributed by atoms with Gasteiger partial charge in [-0.15, -0.1) is 0 Å². The molecule has 0 saturated heterocycles. The monoisotopic (exact) mass is 385 g/mol. The van der Waals surface area contributed by atoms with Crippen LogP contribution < -0.4 is 5.32 Å². The molecule has 0 fully saturated rings. The first-order valence-corrected chi connectivity index (χ1v) is 8.71. The summed E-state index contributed by atoms with van der Waals surface area (Å²) in [5.74, 6) is 0.0201. The molecule has 0 bridgehead atoms. The maximum Gasteiger partial charge on any atom is 0.408 e. The van der Waals surface area contributed by atoms with Gasteiger partial charge in [0.1, 0.15) is 18.5 Å². The van der Waals surface area contributed by atoms with Crippen LogP contribution in [0.3, 0.4) is 0 Å². The number of ether oxygens (including phenoxy) is 2. The Morgan fingerprint density at radius 2 is 2.04 bits per heavy atom. The van der Waals surface area contributed by atoms with Crippen LogP contribution in [-0.4, -0.2) is 30.0 Å². The first kappa shape index (κ1) is 19.5. The second-order valence-corrected chi connectivity index (χ2v) is 6.01. The molecular weight excluding hydrogens is 365 g/mol. The molecule has 3 aromatic rings. The van der Waals surface area contributed by atoms with Gasteiger partial charge in [-0.3, -0.25) is 0 Å². The average molecular weight is 385 g/mol. The van der Waals surface area contributed by atoms with Crippen molar-refractivity contribution in [1.82, 2.24) is 15.5 Å². The molecule has 0 aliphatic heterocycles. The summed E-state index contributed by atoms with van der Waals surface area (Å²) in [5, 5.41) is 6.57. The van der Waals surface area contributed by atoms with E-state index < -0.39 is 18.0 Å². The lowest BCUT2D eigenvalue weighted by atomic mass is 10.2. The van der Waals surface area contributed by atoms with E-state index in [1.807, 2.05) is 30.3 Å². The summed E-state index contributed by atoms with van der Waals surface area (Å²) >= 11 is 0. The molecule has 1 N–H and O–H groups in total.